The molecule has 0 radical (unpaired) electrons. The van der Waals surface area contributed by atoms with Gasteiger partial charge in [-0.05, 0) is 135 Å². The van der Waals surface area contributed by atoms with E-state index in [0.717, 1.165) is 81.5 Å². The third-order valence-corrected chi connectivity index (χ3v) is 18.5. The van der Waals surface area contributed by atoms with Gasteiger partial charge < -0.3 is 15.4 Å². The highest BCUT2D eigenvalue weighted by atomic mass is 16.5. The van der Waals surface area contributed by atoms with Crippen LogP contribution in [0.5, 0.6) is 0 Å². The smallest absolute Gasteiger partial charge is 0.302 e. The number of fused-ring (bicyclic) bond motifs is 10. The number of nitrogens with zero attached hydrogens (tertiary/aromatic N) is 3. The topological polar surface area (TPSA) is 100 Å². The molecule has 2 amide bonds. The average molecular weight is 795 g/mol. The van der Waals surface area contributed by atoms with Crippen molar-refractivity contribution in [2.45, 2.75) is 133 Å². The molecule has 9 nitrogen and oxygen atoms in total. The van der Waals surface area contributed by atoms with Crippen molar-refractivity contribution >= 4 is 35.4 Å². The Morgan fingerprint density at radius 3 is 2.34 bits per heavy atom. The van der Waals surface area contributed by atoms with E-state index in [2.05, 4.69) is 96.1 Å². The molecular weight excluding hydrogens is 723 g/mol. The first-order valence-electron chi connectivity index (χ1n) is 22.9. The molecule has 5 aliphatic carbocycles. The van der Waals surface area contributed by atoms with E-state index >= 15 is 0 Å². The van der Waals surface area contributed by atoms with E-state index in [9.17, 15) is 14.4 Å². The second kappa shape index (κ2) is 14.3. The molecule has 4 saturated carbocycles. The van der Waals surface area contributed by atoms with Crippen LogP contribution in [0, 0.1) is 56.7 Å². The molecule has 2 N–H and O–H groups in total. The van der Waals surface area contributed by atoms with Crippen LogP contribution in [0.1, 0.15) is 133 Å². The van der Waals surface area contributed by atoms with Crippen LogP contribution in [0.25, 0.3) is 6.08 Å². The van der Waals surface area contributed by atoms with Crippen molar-refractivity contribution in [1.82, 2.24) is 10.6 Å². The number of benzene rings is 1. The Kier molecular flexibility index (Phi) is 10.2. The number of rotatable bonds is 8. The van der Waals surface area contributed by atoms with E-state index in [-0.39, 0.29) is 51.5 Å². The summed E-state index contributed by atoms with van der Waals surface area (Å²) in [6.07, 6.45) is 13.9. The van der Waals surface area contributed by atoms with Crippen molar-refractivity contribution < 1.29 is 23.7 Å². The summed E-state index contributed by atoms with van der Waals surface area (Å²) < 4.78 is 6.54. The lowest BCUT2D eigenvalue weighted by molar-refractivity contribution is -0.925. The summed E-state index contributed by atoms with van der Waals surface area (Å²) in [6, 6.07) is 8.23. The molecule has 9 heteroatoms. The zero-order valence-electron chi connectivity index (χ0n) is 37.3. The predicted molar refractivity (Wildman–Crippen MR) is 231 cm³/mol. The Balaban J connectivity index is 1.00. The fourth-order valence-electron chi connectivity index (χ4n) is 14.7. The molecule has 4 fully saturated rings. The molecule has 10 atom stereocenters. The molecule has 0 unspecified atom stereocenters. The second-order valence-corrected chi connectivity index (χ2v) is 21.1. The molecule has 1 aromatic carbocycles. The largest absolute Gasteiger partial charge is 0.462 e. The first-order valence-corrected chi connectivity index (χ1v) is 22.9. The fourth-order valence-corrected chi connectivity index (χ4v) is 14.7. The van der Waals surface area contributed by atoms with Crippen molar-refractivity contribution in [2.24, 2.45) is 61.8 Å². The van der Waals surface area contributed by atoms with Crippen LogP contribution in [0.3, 0.4) is 0 Å². The fraction of sp³-hybridized carbons (Fsp3) is 0.714. The van der Waals surface area contributed by atoms with Gasteiger partial charge in [0.1, 0.15) is 19.2 Å². The predicted octanol–water partition coefficient (Wildman–Crippen LogP) is 8.85. The molecular formula is C49H72N5O4+. The maximum atomic E-state index is 14.8. The third kappa shape index (κ3) is 5.92. The summed E-state index contributed by atoms with van der Waals surface area (Å²) >= 11 is 0. The average Bonchev–Trinajstić information content (AvgIpc) is 3.59. The van der Waals surface area contributed by atoms with Gasteiger partial charge in [-0.1, -0.05) is 83.4 Å². The molecule has 58 heavy (non-hydrogen) atoms. The van der Waals surface area contributed by atoms with Crippen LogP contribution >= 0.6 is 0 Å². The molecule has 8 rings (SSSR count). The third-order valence-electron chi connectivity index (χ3n) is 18.5. The van der Waals surface area contributed by atoms with E-state index in [4.69, 9.17) is 9.84 Å². The van der Waals surface area contributed by atoms with Crippen molar-refractivity contribution in [3.05, 3.63) is 47.1 Å². The summed E-state index contributed by atoms with van der Waals surface area (Å²) in [5, 5.41) is 11.7. The lowest BCUT2D eigenvalue weighted by Crippen LogP contribution is -2.66. The van der Waals surface area contributed by atoms with Crippen LogP contribution in [-0.4, -0.2) is 67.2 Å². The van der Waals surface area contributed by atoms with Gasteiger partial charge in [-0.15, -0.1) is 0 Å². The van der Waals surface area contributed by atoms with Gasteiger partial charge in [0, 0.05) is 25.4 Å². The number of para-hydroxylation sites is 1. The first-order chi connectivity index (χ1) is 27.4. The Labute approximate surface area is 348 Å². The zero-order chi connectivity index (χ0) is 41.6. The lowest BCUT2D eigenvalue weighted by atomic mass is 9.33. The van der Waals surface area contributed by atoms with Crippen molar-refractivity contribution in [1.29, 1.82) is 0 Å². The highest BCUT2D eigenvalue weighted by Gasteiger charge is 2.69. The van der Waals surface area contributed by atoms with Gasteiger partial charge in [-0.3, -0.25) is 19.3 Å². The highest BCUT2D eigenvalue weighted by Crippen LogP contribution is 2.76. The van der Waals surface area contributed by atoms with Crippen LogP contribution in [-0.2, 0) is 19.1 Å². The quantitative estimate of drug-likeness (QED) is 0.119. The number of amides is 2. The Morgan fingerprint density at radius 2 is 1.62 bits per heavy atom. The van der Waals surface area contributed by atoms with Gasteiger partial charge in [0.2, 0.25) is 11.7 Å². The minimum Gasteiger partial charge on any atom is -0.462 e. The molecule has 0 saturated heterocycles. The van der Waals surface area contributed by atoms with E-state index in [1.165, 1.54) is 6.42 Å². The minimum absolute atomic E-state index is 0.0174. The molecule has 0 bridgehead atoms. The monoisotopic (exact) mass is 795 g/mol. The maximum Gasteiger partial charge on any atom is 0.302 e. The van der Waals surface area contributed by atoms with E-state index in [0.29, 0.717) is 53.6 Å². The van der Waals surface area contributed by atoms with Crippen LogP contribution < -0.4 is 15.5 Å². The van der Waals surface area contributed by atoms with Gasteiger partial charge in [0.15, 0.2) is 6.67 Å². The normalized spacial score (nSPS) is 39.1. The first kappa shape index (κ1) is 41.3. The number of amidine groups is 1. The Bertz CT molecular complexity index is 1950. The van der Waals surface area contributed by atoms with Crippen molar-refractivity contribution in [3.8, 4) is 0 Å². The number of hydrogen-bond acceptors (Lipinski definition) is 6. The van der Waals surface area contributed by atoms with Gasteiger partial charge in [-0.25, -0.2) is 0 Å². The Morgan fingerprint density at radius 1 is 0.897 bits per heavy atom. The zero-order valence-corrected chi connectivity index (χ0v) is 37.3. The maximum absolute atomic E-state index is 14.8. The molecule has 316 valence electrons. The Hall–Kier alpha value is -3.46. The number of anilines is 1. The standard InChI is InChI=1S/C49H71N5O4/c1-11-54(12-2)30-53-37-16-14-13-15-34(37)29-35(42(53)52-54)43(56)50-27-28-51-44(57)49-24-19-31(3)32(4)41(49)36-17-18-39-46(8)22-21-40(58-33(5)55)45(6,7)38(46)20-23-48(39,10)47(36,9)25-26-49/h13-17,29,31-32,38-41H,11-12,18-28,30H2,1-10H3,(H-,50,51,56,57)/p+1/t31-,32+,38+,39-,40+,41+,46+,47-,48-,49+/m1/s1. The number of allylic oxidation sites excluding steroid dienone is 2. The van der Waals surface area contributed by atoms with Gasteiger partial charge >= 0.3 is 5.97 Å². The van der Waals surface area contributed by atoms with Gasteiger partial charge in [-0.2, -0.15) is 4.59 Å². The second-order valence-electron chi connectivity index (χ2n) is 21.1. The summed E-state index contributed by atoms with van der Waals surface area (Å²) in [5.74, 6) is 2.80. The van der Waals surface area contributed by atoms with Crippen molar-refractivity contribution in [2.75, 3.05) is 37.7 Å². The highest BCUT2D eigenvalue weighted by molar-refractivity contribution is 6.31. The number of quaternary nitrogens is 1. The van der Waals surface area contributed by atoms with E-state index in [1.807, 2.05) is 18.2 Å². The molecule has 2 aliphatic heterocycles. The number of nitrogens with one attached hydrogen (secondary N) is 2. The number of ether oxygens (including phenoxy) is 1. The number of esters is 1. The molecule has 0 spiro atoms. The summed E-state index contributed by atoms with van der Waals surface area (Å²) in [5.41, 5.74) is 4.06. The van der Waals surface area contributed by atoms with Crippen LogP contribution in [0.2, 0.25) is 0 Å². The van der Waals surface area contributed by atoms with E-state index in [1.54, 1.807) is 12.5 Å². The van der Waals surface area contributed by atoms with Gasteiger partial charge in [0.05, 0.1) is 16.7 Å². The lowest BCUT2D eigenvalue weighted by Gasteiger charge is -2.71. The number of carbonyl (C=O) groups is 3. The molecule has 0 aromatic heterocycles. The molecule has 1 aromatic rings. The number of carbonyl (C=O) groups excluding carboxylic acids is 3. The van der Waals surface area contributed by atoms with Crippen LogP contribution in [0.4, 0.5) is 5.69 Å². The summed E-state index contributed by atoms with van der Waals surface area (Å²) in [4.78, 5) is 43.0. The minimum atomic E-state index is -0.439. The molecule has 2 heterocycles. The summed E-state index contributed by atoms with van der Waals surface area (Å²) in [7, 11) is 0. The van der Waals surface area contributed by atoms with Crippen LogP contribution in [0.15, 0.2) is 46.6 Å². The van der Waals surface area contributed by atoms with Crippen molar-refractivity contribution in [3.63, 3.8) is 0 Å². The van der Waals surface area contributed by atoms with E-state index < -0.39 is 5.41 Å². The SMILES string of the molecule is CC[N+]1(CC)CN2C(=N1)C(C(=O)NCCNC(=O)[C@]13CC[C@@H](C)[C@H](C)[C@H]1C1=CC[C@@H]4[C@@]5(C)CC[C@H](OC(C)=O)C(C)(C)[C@@H]5CC[C@@]4(C)[C@]1(C)CC3)=Cc1ccccc12. The van der Waals surface area contributed by atoms with Gasteiger partial charge in [0.25, 0.3) is 5.91 Å². The molecule has 7 aliphatic rings. The number of hydrogen-bond donors (Lipinski definition) is 2. The summed E-state index contributed by atoms with van der Waals surface area (Å²) in [6.45, 7) is 26.3.